The molecule has 0 aliphatic carbocycles. The number of methoxy groups -OCH3 is 2. The van der Waals surface area contributed by atoms with Gasteiger partial charge in [0.25, 0.3) is 0 Å². The third kappa shape index (κ3) is 4.53. The first-order valence-corrected chi connectivity index (χ1v) is 10.6. The number of benzene rings is 2. The maximum Gasteiger partial charge on any atom is 0.310 e. The largest absolute Gasteiger partial charge is 0.496 e. The SMILES string of the molecule is COC(=O)C1CCN(c2ncc(Cc3ccc(OC)c(-c4cccc(Cl)c4)c3F)cn2)C1. The van der Waals surface area contributed by atoms with E-state index in [2.05, 4.69) is 9.97 Å². The minimum atomic E-state index is -0.365. The lowest BCUT2D eigenvalue weighted by Crippen LogP contribution is -2.25. The maximum absolute atomic E-state index is 15.5. The number of aromatic nitrogens is 2. The van der Waals surface area contributed by atoms with Crippen LogP contribution in [-0.2, 0) is 16.0 Å². The number of halogens is 2. The number of esters is 1. The smallest absolute Gasteiger partial charge is 0.310 e. The number of carbonyl (C=O) groups is 1. The van der Waals surface area contributed by atoms with Crippen molar-refractivity contribution in [1.29, 1.82) is 0 Å². The highest BCUT2D eigenvalue weighted by molar-refractivity contribution is 6.30. The quantitative estimate of drug-likeness (QED) is 0.509. The van der Waals surface area contributed by atoms with Crippen molar-refractivity contribution in [2.45, 2.75) is 12.8 Å². The Bertz CT molecular complexity index is 1120. The van der Waals surface area contributed by atoms with Crippen LogP contribution in [0.4, 0.5) is 10.3 Å². The van der Waals surface area contributed by atoms with Crippen LogP contribution in [0, 0.1) is 11.7 Å². The summed E-state index contributed by atoms with van der Waals surface area (Å²) in [5, 5.41) is 0.523. The molecule has 3 aromatic rings. The van der Waals surface area contributed by atoms with Crippen molar-refractivity contribution >= 4 is 23.5 Å². The second-order valence-electron chi connectivity index (χ2n) is 7.65. The summed E-state index contributed by atoms with van der Waals surface area (Å²) in [4.78, 5) is 22.5. The van der Waals surface area contributed by atoms with E-state index >= 15 is 4.39 Å². The fraction of sp³-hybridized carbons (Fsp3) is 0.292. The molecule has 0 bridgehead atoms. The van der Waals surface area contributed by atoms with E-state index < -0.39 is 0 Å². The molecule has 0 N–H and O–H groups in total. The van der Waals surface area contributed by atoms with Crippen molar-refractivity contribution in [3.8, 4) is 16.9 Å². The minimum absolute atomic E-state index is 0.165. The van der Waals surface area contributed by atoms with E-state index in [-0.39, 0.29) is 17.7 Å². The van der Waals surface area contributed by atoms with Crippen LogP contribution in [0.1, 0.15) is 17.5 Å². The number of carbonyl (C=O) groups excluding carboxylic acids is 1. The number of rotatable bonds is 6. The molecule has 2 heterocycles. The van der Waals surface area contributed by atoms with Gasteiger partial charge in [0.2, 0.25) is 5.95 Å². The molecular formula is C24H23ClFN3O3. The highest BCUT2D eigenvalue weighted by Gasteiger charge is 2.30. The van der Waals surface area contributed by atoms with E-state index in [0.717, 1.165) is 5.56 Å². The molecule has 1 aromatic heterocycles. The van der Waals surface area contributed by atoms with Crippen molar-refractivity contribution in [3.63, 3.8) is 0 Å². The maximum atomic E-state index is 15.5. The molecule has 166 valence electrons. The van der Waals surface area contributed by atoms with Gasteiger partial charge in [-0.3, -0.25) is 4.79 Å². The van der Waals surface area contributed by atoms with Gasteiger partial charge in [-0.15, -0.1) is 0 Å². The molecule has 1 atom stereocenters. The molecule has 6 nitrogen and oxygen atoms in total. The number of hydrogen-bond acceptors (Lipinski definition) is 6. The molecule has 32 heavy (non-hydrogen) atoms. The summed E-state index contributed by atoms with van der Waals surface area (Å²) in [6.07, 6.45) is 4.42. The van der Waals surface area contributed by atoms with Crippen molar-refractivity contribution in [2.24, 2.45) is 5.92 Å². The monoisotopic (exact) mass is 455 g/mol. The molecule has 8 heteroatoms. The standard InChI is InChI=1S/C24H23ClFN3O3/c1-31-20-7-6-17(22(26)21(20)16-4-3-5-19(25)11-16)10-15-12-27-24(28-13-15)29-9-8-18(14-29)23(30)32-2/h3-7,11-13,18H,8-10,14H2,1-2H3. The number of anilines is 1. The Morgan fingerprint density at radius 3 is 2.69 bits per heavy atom. The Morgan fingerprint density at radius 2 is 2.00 bits per heavy atom. The van der Waals surface area contributed by atoms with E-state index in [4.69, 9.17) is 21.1 Å². The number of ether oxygens (including phenoxy) is 2. The molecule has 0 spiro atoms. The average molecular weight is 456 g/mol. The van der Waals surface area contributed by atoms with Crippen LogP contribution in [0.15, 0.2) is 48.8 Å². The summed E-state index contributed by atoms with van der Waals surface area (Å²) in [6.45, 7) is 1.22. The van der Waals surface area contributed by atoms with Gasteiger partial charge >= 0.3 is 5.97 Å². The van der Waals surface area contributed by atoms with Crippen molar-refractivity contribution < 1.29 is 18.7 Å². The van der Waals surface area contributed by atoms with Gasteiger partial charge in [0.1, 0.15) is 11.6 Å². The molecule has 2 aromatic carbocycles. The Labute approximate surface area is 191 Å². The zero-order chi connectivity index (χ0) is 22.7. The molecule has 1 aliphatic rings. The van der Waals surface area contributed by atoms with Gasteiger partial charge in [0.15, 0.2) is 0 Å². The molecule has 1 saturated heterocycles. The Kier molecular flexibility index (Phi) is 6.55. The average Bonchev–Trinajstić information content (AvgIpc) is 3.30. The third-order valence-electron chi connectivity index (χ3n) is 5.61. The predicted octanol–water partition coefficient (Wildman–Crippen LogP) is 4.53. The molecule has 1 aliphatic heterocycles. The lowest BCUT2D eigenvalue weighted by molar-refractivity contribution is -0.144. The summed E-state index contributed by atoms with van der Waals surface area (Å²) in [5.41, 5.74) is 2.30. The van der Waals surface area contributed by atoms with Gasteiger partial charge in [-0.25, -0.2) is 14.4 Å². The van der Waals surface area contributed by atoms with E-state index in [1.54, 1.807) is 48.8 Å². The first kappa shape index (κ1) is 22.0. The van der Waals surface area contributed by atoms with Gasteiger partial charge in [0, 0.05) is 36.9 Å². The summed E-state index contributed by atoms with van der Waals surface area (Å²) >= 11 is 6.11. The molecule has 1 unspecified atom stereocenters. The number of hydrogen-bond donors (Lipinski definition) is 0. The van der Waals surface area contributed by atoms with Crippen molar-refractivity contribution in [3.05, 3.63) is 70.8 Å². The minimum Gasteiger partial charge on any atom is -0.496 e. The molecule has 4 rings (SSSR count). The van der Waals surface area contributed by atoms with Crippen LogP contribution in [-0.4, -0.2) is 43.2 Å². The number of nitrogens with zero attached hydrogens (tertiary/aromatic N) is 3. The van der Waals surface area contributed by atoms with Crippen LogP contribution in [0.3, 0.4) is 0 Å². The summed E-state index contributed by atoms with van der Waals surface area (Å²) < 4.78 is 25.7. The fourth-order valence-electron chi connectivity index (χ4n) is 3.94. The normalized spacial score (nSPS) is 15.6. The lowest BCUT2D eigenvalue weighted by atomic mass is 9.98. The summed E-state index contributed by atoms with van der Waals surface area (Å²) in [5.74, 6) is 0.247. The molecule has 1 fully saturated rings. The van der Waals surface area contributed by atoms with Crippen LogP contribution in [0.25, 0.3) is 11.1 Å². The zero-order valence-electron chi connectivity index (χ0n) is 17.8. The van der Waals surface area contributed by atoms with Crippen LogP contribution >= 0.6 is 11.6 Å². The van der Waals surface area contributed by atoms with E-state index in [9.17, 15) is 4.79 Å². The highest BCUT2D eigenvalue weighted by atomic mass is 35.5. The van der Waals surface area contributed by atoms with Gasteiger partial charge in [0.05, 0.1) is 25.7 Å². The second-order valence-corrected chi connectivity index (χ2v) is 8.09. The Hall–Kier alpha value is -3.19. The van der Waals surface area contributed by atoms with Crippen LogP contribution < -0.4 is 9.64 Å². The Balaban J connectivity index is 1.55. The van der Waals surface area contributed by atoms with Gasteiger partial charge in [-0.1, -0.05) is 29.8 Å². The van der Waals surface area contributed by atoms with Crippen LogP contribution in [0.2, 0.25) is 5.02 Å². The van der Waals surface area contributed by atoms with E-state index in [1.165, 1.54) is 14.2 Å². The first-order chi connectivity index (χ1) is 15.5. The summed E-state index contributed by atoms with van der Waals surface area (Å²) in [6, 6.07) is 10.5. The van der Waals surface area contributed by atoms with Crippen LogP contribution in [0.5, 0.6) is 5.75 Å². The Morgan fingerprint density at radius 1 is 1.22 bits per heavy atom. The highest BCUT2D eigenvalue weighted by Crippen LogP contribution is 2.36. The first-order valence-electron chi connectivity index (χ1n) is 10.2. The molecule has 0 amide bonds. The molecule has 0 saturated carbocycles. The predicted molar refractivity (Wildman–Crippen MR) is 121 cm³/mol. The zero-order valence-corrected chi connectivity index (χ0v) is 18.6. The van der Waals surface area contributed by atoms with Crippen molar-refractivity contribution in [1.82, 2.24) is 9.97 Å². The van der Waals surface area contributed by atoms with Gasteiger partial charge < -0.3 is 14.4 Å². The van der Waals surface area contributed by atoms with Gasteiger partial charge in [-0.2, -0.15) is 0 Å². The fourth-order valence-corrected chi connectivity index (χ4v) is 4.13. The second kappa shape index (κ2) is 9.53. The lowest BCUT2D eigenvalue weighted by Gasteiger charge is -2.16. The topological polar surface area (TPSA) is 64.5 Å². The van der Waals surface area contributed by atoms with Gasteiger partial charge in [-0.05, 0) is 41.3 Å². The van der Waals surface area contributed by atoms with E-state index in [0.29, 0.717) is 59.3 Å². The molecular weight excluding hydrogens is 433 g/mol. The van der Waals surface area contributed by atoms with Crippen molar-refractivity contribution in [2.75, 3.05) is 32.2 Å². The molecule has 0 radical (unpaired) electrons. The summed E-state index contributed by atoms with van der Waals surface area (Å²) in [7, 11) is 2.91. The third-order valence-corrected chi connectivity index (χ3v) is 5.84. The van der Waals surface area contributed by atoms with E-state index in [1.807, 2.05) is 4.90 Å².